The van der Waals surface area contributed by atoms with E-state index in [0.29, 0.717) is 0 Å². The van der Waals surface area contributed by atoms with Crippen LogP contribution in [0.5, 0.6) is 0 Å². The van der Waals surface area contributed by atoms with Gasteiger partial charge in [0.1, 0.15) is 5.60 Å². The average molecular weight is 353 g/mol. The predicted octanol–water partition coefficient (Wildman–Crippen LogP) is 4.42. The molecule has 3 rings (SSSR count). The van der Waals surface area contributed by atoms with Crippen molar-refractivity contribution in [3.63, 3.8) is 0 Å². The fourth-order valence-electron chi connectivity index (χ4n) is 2.97. The van der Waals surface area contributed by atoms with E-state index in [1.807, 2.05) is 67.6 Å². The van der Waals surface area contributed by atoms with E-state index in [2.05, 4.69) is 5.32 Å². The molecule has 0 fully saturated rings. The van der Waals surface area contributed by atoms with Crippen LogP contribution in [0.4, 0.5) is 0 Å². The van der Waals surface area contributed by atoms with Crippen LogP contribution in [0.15, 0.2) is 60.7 Å². The molecule has 4 heteroatoms. The van der Waals surface area contributed by atoms with Crippen molar-refractivity contribution in [1.29, 1.82) is 0 Å². The summed E-state index contributed by atoms with van der Waals surface area (Å²) in [5.74, 6) is -0.241. The van der Waals surface area contributed by atoms with Crippen LogP contribution >= 0.6 is 11.3 Å². The highest BCUT2D eigenvalue weighted by molar-refractivity contribution is 7.19. The number of benzene rings is 2. The van der Waals surface area contributed by atoms with E-state index in [9.17, 15) is 9.90 Å². The lowest BCUT2D eigenvalue weighted by Crippen LogP contribution is -2.40. The highest BCUT2D eigenvalue weighted by Gasteiger charge is 2.28. The second-order valence-electron chi connectivity index (χ2n) is 6.51. The normalized spacial score (nSPS) is 14.8. The van der Waals surface area contributed by atoms with Crippen molar-refractivity contribution in [3.8, 4) is 0 Å². The first-order valence-corrected chi connectivity index (χ1v) is 9.37. The zero-order chi connectivity index (χ0) is 17.9. The van der Waals surface area contributed by atoms with Gasteiger partial charge in [-0.1, -0.05) is 55.5 Å². The van der Waals surface area contributed by atoms with Crippen molar-refractivity contribution in [2.24, 2.45) is 0 Å². The van der Waals surface area contributed by atoms with Gasteiger partial charge >= 0.3 is 0 Å². The number of carbonyl (C=O) groups excluding carboxylic acids is 1. The number of hydrogen-bond acceptors (Lipinski definition) is 3. The van der Waals surface area contributed by atoms with Crippen LogP contribution in [0.3, 0.4) is 0 Å². The molecule has 0 unspecified atom stereocenters. The van der Waals surface area contributed by atoms with Gasteiger partial charge in [0.15, 0.2) is 0 Å². The quantitative estimate of drug-likeness (QED) is 0.689. The first-order chi connectivity index (χ1) is 12.0. The number of amides is 1. The lowest BCUT2D eigenvalue weighted by Gasteiger charge is -2.24. The molecule has 1 aromatic heterocycles. The fourth-order valence-corrected chi connectivity index (χ4v) is 4.08. The molecule has 0 aliphatic carbocycles. The van der Waals surface area contributed by atoms with Gasteiger partial charge in [-0.3, -0.25) is 4.79 Å². The maximum atomic E-state index is 12.6. The summed E-state index contributed by atoms with van der Waals surface area (Å²) in [6.07, 6.45) is 0.723. The van der Waals surface area contributed by atoms with Gasteiger partial charge < -0.3 is 10.4 Å². The summed E-state index contributed by atoms with van der Waals surface area (Å²) in [5.41, 5.74) is -0.0853. The van der Waals surface area contributed by atoms with Crippen molar-refractivity contribution in [3.05, 3.63) is 71.1 Å². The molecule has 130 valence electrons. The number of hydrogen-bond donors (Lipinski definition) is 2. The maximum Gasteiger partial charge on any atom is 0.227 e. The molecule has 0 saturated carbocycles. The Kier molecular flexibility index (Phi) is 5.21. The van der Waals surface area contributed by atoms with E-state index in [4.69, 9.17) is 0 Å². The molecule has 0 aliphatic heterocycles. The van der Waals surface area contributed by atoms with Crippen molar-refractivity contribution < 1.29 is 9.90 Å². The predicted molar refractivity (Wildman–Crippen MR) is 104 cm³/mol. The van der Waals surface area contributed by atoms with Crippen LogP contribution in [-0.2, 0) is 10.4 Å². The standard InChI is InChI=1S/C21H23NO2S/c1-3-17(15-9-5-4-6-10-15)20(23)22-14-21(2,24)19-13-16-11-7-8-12-18(16)25-19/h4-13,17,24H,3,14H2,1-2H3,(H,22,23)/t17-,21-/m1/s1. The summed E-state index contributed by atoms with van der Waals surface area (Å²) in [6, 6.07) is 19.8. The summed E-state index contributed by atoms with van der Waals surface area (Å²) >= 11 is 1.57. The zero-order valence-corrected chi connectivity index (χ0v) is 15.3. The van der Waals surface area contributed by atoms with Crippen molar-refractivity contribution >= 4 is 27.3 Å². The Morgan fingerprint density at radius 1 is 1.16 bits per heavy atom. The van der Waals surface area contributed by atoms with Crippen LogP contribution < -0.4 is 5.32 Å². The first-order valence-electron chi connectivity index (χ1n) is 8.55. The van der Waals surface area contributed by atoms with Gasteiger partial charge in [-0.15, -0.1) is 11.3 Å². The monoisotopic (exact) mass is 353 g/mol. The van der Waals surface area contributed by atoms with Gasteiger partial charge in [0.05, 0.1) is 12.5 Å². The van der Waals surface area contributed by atoms with Gasteiger partial charge in [-0.2, -0.15) is 0 Å². The van der Waals surface area contributed by atoms with E-state index < -0.39 is 5.60 Å². The van der Waals surface area contributed by atoms with Crippen LogP contribution in [0.1, 0.15) is 36.6 Å². The van der Waals surface area contributed by atoms with E-state index >= 15 is 0 Å². The molecular weight excluding hydrogens is 330 g/mol. The molecular formula is C21H23NO2S. The average Bonchev–Trinajstić information content (AvgIpc) is 3.07. The minimum atomic E-state index is -1.09. The molecule has 0 spiro atoms. The Labute approximate surface area is 152 Å². The molecule has 0 bridgehead atoms. The van der Waals surface area contributed by atoms with E-state index in [1.54, 1.807) is 18.3 Å². The van der Waals surface area contributed by atoms with E-state index in [0.717, 1.165) is 26.9 Å². The van der Waals surface area contributed by atoms with E-state index in [-0.39, 0.29) is 18.4 Å². The smallest absolute Gasteiger partial charge is 0.227 e. The molecule has 1 amide bonds. The molecule has 2 aromatic carbocycles. The highest BCUT2D eigenvalue weighted by Crippen LogP contribution is 2.33. The Morgan fingerprint density at radius 2 is 1.84 bits per heavy atom. The number of carbonyl (C=O) groups is 1. The minimum absolute atomic E-state index is 0.0462. The summed E-state index contributed by atoms with van der Waals surface area (Å²) in [7, 11) is 0. The van der Waals surface area contributed by atoms with Crippen LogP contribution in [0.25, 0.3) is 10.1 Å². The van der Waals surface area contributed by atoms with Gasteiger partial charge in [0.2, 0.25) is 5.91 Å². The van der Waals surface area contributed by atoms with Gasteiger partial charge in [-0.05, 0) is 36.4 Å². The number of rotatable bonds is 6. The molecule has 0 radical (unpaired) electrons. The van der Waals surface area contributed by atoms with Crippen LogP contribution in [-0.4, -0.2) is 17.6 Å². The molecule has 25 heavy (non-hydrogen) atoms. The SMILES string of the molecule is CC[C@@H](C(=O)NC[C@@](C)(O)c1cc2ccccc2s1)c1ccccc1. The first kappa shape index (κ1) is 17.6. The van der Waals surface area contributed by atoms with Gasteiger partial charge in [0, 0.05) is 9.58 Å². The third kappa shape index (κ3) is 3.91. The topological polar surface area (TPSA) is 49.3 Å². The molecule has 0 saturated heterocycles. The van der Waals surface area contributed by atoms with Crippen molar-refractivity contribution in [2.45, 2.75) is 31.8 Å². The summed E-state index contributed by atoms with van der Waals surface area (Å²) < 4.78 is 1.14. The van der Waals surface area contributed by atoms with Crippen LogP contribution in [0.2, 0.25) is 0 Å². The molecule has 3 nitrogen and oxygen atoms in total. The third-order valence-corrected chi connectivity index (χ3v) is 5.86. The second-order valence-corrected chi connectivity index (χ2v) is 7.60. The molecule has 1 heterocycles. The largest absolute Gasteiger partial charge is 0.383 e. The molecule has 0 aliphatic rings. The van der Waals surface area contributed by atoms with E-state index in [1.165, 1.54) is 0 Å². The van der Waals surface area contributed by atoms with Gasteiger partial charge in [0.25, 0.3) is 0 Å². The van der Waals surface area contributed by atoms with Crippen molar-refractivity contribution in [1.82, 2.24) is 5.32 Å². The zero-order valence-electron chi connectivity index (χ0n) is 14.5. The molecule has 3 aromatic rings. The highest BCUT2D eigenvalue weighted by atomic mass is 32.1. The molecule has 2 atom stereocenters. The Hall–Kier alpha value is -2.17. The summed E-state index contributed by atoms with van der Waals surface area (Å²) in [4.78, 5) is 13.5. The maximum absolute atomic E-state index is 12.6. The lowest BCUT2D eigenvalue weighted by atomic mass is 9.95. The van der Waals surface area contributed by atoms with Crippen molar-refractivity contribution in [2.75, 3.05) is 6.54 Å². The molecule has 2 N–H and O–H groups in total. The third-order valence-electron chi connectivity index (χ3n) is 4.49. The second kappa shape index (κ2) is 7.38. The van der Waals surface area contributed by atoms with Crippen LogP contribution in [0, 0.1) is 0 Å². The number of thiophene rings is 1. The Balaban J connectivity index is 1.71. The Bertz CT molecular complexity index is 821. The van der Waals surface area contributed by atoms with Gasteiger partial charge in [-0.25, -0.2) is 0 Å². The summed E-state index contributed by atoms with van der Waals surface area (Å²) in [6.45, 7) is 3.95. The number of nitrogens with one attached hydrogen (secondary N) is 1. The lowest BCUT2D eigenvalue weighted by molar-refractivity contribution is -0.123. The number of aliphatic hydroxyl groups is 1. The minimum Gasteiger partial charge on any atom is -0.383 e. The summed E-state index contributed by atoms with van der Waals surface area (Å²) in [5, 5.41) is 14.9. The number of fused-ring (bicyclic) bond motifs is 1. The Morgan fingerprint density at radius 3 is 2.52 bits per heavy atom. The fraction of sp³-hybridized carbons (Fsp3) is 0.286.